The zero-order valence-electron chi connectivity index (χ0n) is 37.2. The summed E-state index contributed by atoms with van der Waals surface area (Å²) in [5.74, 6) is -7.32. The molecule has 0 saturated carbocycles. The molecule has 6 bridgehead atoms. The number of hydrogen-bond acceptors (Lipinski definition) is 15. The van der Waals surface area contributed by atoms with Crippen molar-refractivity contribution >= 4 is 23.9 Å². The van der Waals surface area contributed by atoms with E-state index < -0.39 is 108 Å². The highest BCUT2D eigenvalue weighted by molar-refractivity contribution is 5.84. The van der Waals surface area contributed by atoms with E-state index in [4.69, 9.17) is 33.2 Å². The van der Waals surface area contributed by atoms with Crippen LogP contribution >= 0.6 is 0 Å². The van der Waals surface area contributed by atoms with Gasteiger partial charge in [0.2, 0.25) is 5.79 Å². The normalized spacial score (nSPS) is 37.1. The van der Waals surface area contributed by atoms with Gasteiger partial charge in [-0.25, -0.2) is 9.59 Å². The van der Waals surface area contributed by atoms with Gasteiger partial charge in [0.1, 0.15) is 12.2 Å². The van der Waals surface area contributed by atoms with Crippen LogP contribution in [-0.2, 0) is 52.3 Å². The topological polar surface area (TPSA) is 214 Å². The SMILES string of the molecule is C/C=C1/C[C@H]2C[C@@]3(O)O[C@H](C[C@@H](O)CC(=O)O[C@@H]([C@@H](C)O)C[C@@H]4C/C(=C\C(=O)OC)[C@H](OC(=O)/C=C/C=C/CCC)[C@@](O)(O4)C(C)(C)/C=C/[C@@H](C1)O2)C[C@H](OC(C)=O)C3(C)C. The monoisotopic (exact) mass is 860 g/mol. The number of unbranched alkanes of at least 4 members (excludes halogenated alkanes) is 1. The molecule has 61 heavy (non-hydrogen) atoms. The molecule has 0 amide bonds. The van der Waals surface area contributed by atoms with E-state index >= 15 is 0 Å². The van der Waals surface area contributed by atoms with Crippen LogP contribution in [0.5, 0.6) is 0 Å². The minimum atomic E-state index is -2.38. The first-order valence-electron chi connectivity index (χ1n) is 21.4. The highest BCUT2D eigenvalue weighted by Gasteiger charge is 2.59. The predicted octanol–water partition coefficient (Wildman–Crippen LogP) is 5.13. The van der Waals surface area contributed by atoms with Crippen molar-refractivity contribution < 1.29 is 72.8 Å². The molecule has 15 nitrogen and oxygen atoms in total. The fourth-order valence-corrected chi connectivity index (χ4v) is 8.47. The number of rotatable bonds is 8. The van der Waals surface area contributed by atoms with Crippen molar-refractivity contribution in [3.8, 4) is 0 Å². The van der Waals surface area contributed by atoms with Gasteiger partial charge in [-0.15, -0.1) is 0 Å². The Morgan fingerprint density at radius 1 is 0.951 bits per heavy atom. The molecule has 0 unspecified atom stereocenters. The van der Waals surface area contributed by atoms with Crippen LogP contribution in [-0.4, -0.2) is 118 Å². The molecule has 15 heteroatoms. The van der Waals surface area contributed by atoms with Gasteiger partial charge >= 0.3 is 23.9 Å². The maximum absolute atomic E-state index is 13.4. The summed E-state index contributed by atoms with van der Waals surface area (Å²) < 4.78 is 41.9. The number of carbonyl (C=O) groups is 4. The zero-order chi connectivity index (χ0) is 45.3. The van der Waals surface area contributed by atoms with Gasteiger partial charge in [0.05, 0.1) is 55.6 Å². The van der Waals surface area contributed by atoms with Crippen molar-refractivity contribution in [2.45, 2.75) is 186 Å². The summed E-state index contributed by atoms with van der Waals surface area (Å²) in [6.07, 6.45) is 5.44. The average molecular weight is 861 g/mol. The van der Waals surface area contributed by atoms with Crippen molar-refractivity contribution in [3.63, 3.8) is 0 Å². The summed E-state index contributed by atoms with van der Waals surface area (Å²) in [6, 6.07) is 0. The average Bonchev–Trinajstić information content (AvgIpc) is 3.16. The van der Waals surface area contributed by atoms with Crippen molar-refractivity contribution in [2.24, 2.45) is 10.8 Å². The lowest BCUT2D eigenvalue weighted by Gasteiger charge is -2.53. The van der Waals surface area contributed by atoms with E-state index in [0.29, 0.717) is 12.8 Å². The molecule has 11 atom stereocenters. The number of ether oxygens (including phenoxy) is 7. The van der Waals surface area contributed by atoms with Crippen molar-refractivity contribution in [1.29, 1.82) is 0 Å². The van der Waals surface area contributed by atoms with Gasteiger partial charge < -0.3 is 53.6 Å². The Kier molecular flexibility index (Phi) is 17.3. The molecule has 4 rings (SSSR count). The van der Waals surface area contributed by atoms with Gasteiger partial charge in [-0.1, -0.05) is 83.1 Å². The first-order chi connectivity index (χ1) is 28.6. The third kappa shape index (κ3) is 12.7. The molecule has 3 fully saturated rings. The molecule has 0 aromatic rings. The van der Waals surface area contributed by atoms with Gasteiger partial charge in [-0.3, -0.25) is 9.59 Å². The van der Waals surface area contributed by atoms with Gasteiger partial charge in [-0.05, 0) is 45.1 Å². The number of aliphatic hydroxyl groups excluding tert-OH is 2. The molecule has 3 saturated heterocycles. The maximum Gasteiger partial charge on any atom is 0.331 e. The van der Waals surface area contributed by atoms with Crippen LogP contribution in [0.3, 0.4) is 0 Å². The molecule has 342 valence electrons. The zero-order valence-corrected chi connectivity index (χ0v) is 37.2. The number of allylic oxidation sites excluding steroid dienone is 4. The Labute approximate surface area is 359 Å². The van der Waals surface area contributed by atoms with Crippen molar-refractivity contribution in [1.82, 2.24) is 0 Å². The maximum atomic E-state index is 13.4. The Morgan fingerprint density at radius 2 is 1.67 bits per heavy atom. The second-order valence-corrected chi connectivity index (χ2v) is 17.9. The smallest absolute Gasteiger partial charge is 0.331 e. The quantitative estimate of drug-likeness (QED) is 0.0819. The fourth-order valence-electron chi connectivity index (χ4n) is 8.47. The lowest BCUT2D eigenvalue weighted by Crippen LogP contribution is -2.62. The molecule has 4 heterocycles. The summed E-state index contributed by atoms with van der Waals surface area (Å²) in [5, 5.41) is 47.4. The molecular formula is C46H68O15. The van der Waals surface area contributed by atoms with Crippen LogP contribution < -0.4 is 0 Å². The number of aliphatic hydroxyl groups is 4. The summed E-state index contributed by atoms with van der Waals surface area (Å²) in [6.45, 7) is 13.4. The van der Waals surface area contributed by atoms with E-state index in [1.807, 2.05) is 26.0 Å². The Morgan fingerprint density at radius 3 is 2.31 bits per heavy atom. The molecule has 4 aliphatic heterocycles. The lowest BCUT2D eigenvalue weighted by atomic mass is 9.70. The number of fused-ring (bicyclic) bond motifs is 6. The summed E-state index contributed by atoms with van der Waals surface area (Å²) in [5.41, 5.74) is -1.38. The van der Waals surface area contributed by atoms with E-state index in [0.717, 1.165) is 24.5 Å². The van der Waals surface area contributed by atoms with Gasteiger partial charge in [0.25, 0.3) is 0 Å². The van der Waals surface area contributed by atoms with E-state index in [9.17, 15) is 39.6 Å². The molecule has 0 aliphatic carbocycles. The first-order valence-corrected chi connectivity index (χ1v) is 21.4. The van der Waals surface area contributed by atoms with Gasteiger partial charge in [0, 0.05) is 50.2 Å². The standard InChI is InChI=1S/C46H68O15/c1-10-12-13-14-15-16-39(50)59-42-31(22-40(51)55-9)21-34-25-37(28(3)47)58-41(52)24-32(49)23-35-26-38(56-29(4)48)44(7,8)45(53,60-35)27-36-20-30(11-2)19-33(57-36)17-18-43(5,6)46(42,54)61-34/h11,13-18,22,28,32-38,42,47,49,53-54H,10,12,19-21,23-27H2,1-9H3/b14-13+,16-15+,18-17+,30-11+,31-22+/t28-,32-,33+,34+,35-,36+,37-,38+,42+,45-,46-/m1/s1. The van der Waals surface area contributed by atoms with Crippen LogP contribution in [0.1, 0.15) is 120 Å². The number of methoxy groups -OCH3 is 1. The minimum Gasteiger partial charge on any atom is -0.466 e. The summed E-state index contributed by atoms with van der Waals surface area (Å²) in [7, 11) is 1.19. The van der Waals surface area contributed by atoms with Crippen LogP contribution in [0.15, 0.2) is 59.8 Å². The molecule has 0 radical (unpaired) electrons. The predicted molar refractivity (Wildman–Crippen MR) is 222 cm³/mol. The Hall–Kier alpha value is -3.70. The Balaban J connectivity index is 1.84. The molecular weight excluding hydrogens is 792 g/mol. The van der Waals surface area contributed by atoms with Crippen LogP contribution in [0, 0.1) is 10.8 Å². The van der Waals surface area contributed by atoms with E-state index in [1.165, 1.54) is 33.1 Å². The van der Waals surface area contributed by atoms with Crippen LogP contribution in [0.2, 0.25) is 0 Å². The molecule has 4 N–H and O–H groups in total. The third-order valence-corrected chi connectivity index (χ3v) is 12.3. The second-order valence-electron chi connectivity index (χ2n) is 17.9. The van der Waals surface area contributed by atoms with E-state index in [-0.39, 0.29) is 37.7 Å². The number of esters is 4. The van der Waals surface area contributed by atoms with Crippen LogP contribution in [0.4, 0.5) is 0 Å². The molecule has 4 aliphatic rings. The summed E-state index contributed by atoms with van der Waals surface area (Å²) in [4.78, 5) is 51.9. The summed E-state index contributed by atoms with van der Waals surface area (Å²) >= 11 is 0. The van der Waals surface area contributed by atoms with Gasteiger partial charge in [0.15, 0.2) is 11.9 Å². The molecule has 0 aromatic carbocycles. The van der Waals surface area contributed by atoms with Crippen molar-refractivity contribution in [3.05, 3.63) is 59.8 Å². The van der Waals surface area contributed by atoms with E-state index in [2.05, 4.69) is 0 Å². The highest BCUT2D eigenvalue weighted by Crippen LogP contribution is 2.50. The Bertz CT molecular complexity index is 1710. The number of hydrogen-bond donors (Lipinski definition) is 4. The second kappa shape index (κ2) is 21.1. The number of cyclic esters (lactones) is 1. The van der Waals surface area contributed by atoms with Crippen LogP contribution in [0.25, 0.3) is 0 Å². The molecule has 0 spiro atoms. The first kappa shape index (κ1) is 50.0. The van der Waals surface area contributed by atoms with Gasteiger partial charge in [-0.2, -0.15) is 0 Å². The lowest BCUT2D eigenvalue weighted by molar-refractivity contribution is -0.348. The minimum absolute atomic E-state index is 0.0524. The molecule has 0 aromatic heterocycles. The van der Waals surface area contributed by atoms with Crippen molar-refractivity contribution in [2.75, 3.05) is 7.11 Å². The largest absolute Gasteiger partial charge is 0.466 e. The third-order valence-electron chi connectivity index (χ3n) is 12.3. The van der Waals surface area contributed by atoms with E-state index in [1.54, 1.807) is 45.9 Å². The highest BCUT2D eigenvalue weighted by atomic mass is 16.7. The number of carbonyl (C=O) groups excluding carboxylic acids is 4. The fraction of sp³-hybridized carbons (Fsp3) is 0.696.